The van der Waals surface area contributed by atoms with E-state index in [1.54, 1.807) is 6.92 Å². The number of ketones is 1. The maximum atomic E-state index is 12.7. The molecule has 0 aromatic carbocycles. The number of rotatable bonds is 25. The van der Waals surface area contributed by atoms with Crippen LogP contribution < -0.4 is 16.4 Å². The van der Waals surface area contributed by atoms with E-state index in [9.17, 15) is 62.7 Å². The van der Waals surface area contributed by atoms with Gasteiger partial charge in [0.25, 0.3) is 0 Å². The number of imidazole rings is 1. The summed E-state index contributed by atoms with van der Waals surface area (Å²) in [4.78, 5) is 99.5. The maximum Gasteiger partial charge on any atom is 0.481 e. The van der Waals surface area contributed by atoms with Gasteiger partial charge in [0.05, 0.1) is 19.5 Å². The fourth-order valence-electron chi connectivity index (χ4n) is 5.46. The van der Waals surface area contributed by atoms with Crippen LogP contribution in [0.25, 0.3) is 11.2 Å². The van der Waals surface area contributed by atoms with Crippen molar-refractivity contribution in [2.45, 2.75) is 84.0 Å². The molecule has 2 aromatic rings. The van der Waals surface area contributed by atoms with Crippen molar-refractivity contribution in [3.05, 3.63) is 24.8 Å². The van der Waals surface area contributed by atoms with Gasteiger partial charge in [-0.15, -0.1) is 0 Å². The molecule has 0 saturated carbocycles. The fourth-order valence-corrected chi connectivity index (χ4v) is 9.04. The summed E-state index contributed by atoms with van der Waals surface area (Å²) in [5.74, 6) is -1.34. The summed E-state index contributed by atoms with van der Waals surface area (Å²) in [5, 5.41) is 26.3. The van der Waals surface area contributed by atoms with Crippen LogP contribution in [0.5, 0.6) is 0 Å². The Hall–Kier alpha value is -3.03. The van der Waals surface area contributed by atoms with E-state index >= 15 is 0 Å². The molecule has 0 bridgehead atoms. The molecule has 2 unspecified atom stereocenters. The number of carbonyl (C=O) groups is 4. The zero-order valence-electron chi connectivity index (χ0n) is 32.9. The maximum absolute atomic E-state index is 12.7. The standard InChI is InChI=1S/C31H50N7O18P3S/c1-17(2)19(7-6-18(3)39)12-22(41)60-11-10-33-21(40)8-9-34-29(44)26(43)31(4,5)14-53-59(50,51)56-58(48,49)52-13-20-25(55-57(45,46)47)24(42)30(54-20)38-16-37-23-27(32)35-15-36-28(23)38/h15-16,19-20,24-26,30,42-43H,1,6-14H2,2-5H3,(H,33,40)(H,34,44)(H,48,49)(H,50,51)(H2,32,35,36)(H2,45,46,47)/t19-,20+,24-,25-,26+,30-/m1/s1. The summed E-state index contributed by atoms with van der Waals surface area (Å²) in [6.45, 7) is 7.51. The third-order valence-corrected chi connectivity index (χ3v) is 12.7. The van der Waals surface area contributed by atoms with Crippen molar-refractivity contribution < 1.29 is 85.3 Å². The molecule has 0 aliphatic carbocycles. The second-order valence-corrected chi connectivity index (χ2v) is 19.7. The van der Waals surface area contributed by atoms with E-state index in [4.69, 9.17) is 19.5 Å². The molecule has 1 aliphatic heterocycles. The van der Waals surface area contributed by atoms with Gasteiger partial charge in [-0.05, 0) is 26.2 Å². The number of fused-ring (bicyclic) bond motifs is 1. The predicted molar refractivity (Wildman–Crippen MR) is 210 cm³/mol. The highest BCUT2D eigenvalue weighted by Crippen LogP contribution is 2.61. The van der Waals surface area contributed by atoms with Crippen molar-refractivity contribution in [3.8, 4) is 0 Å². The first-order chi connectivity index (χ1) is 27.7. The highest BCUT2D eigenvalue weighted by molar-refractivity contribution is 8.13. The molecule has 1 fully saturated rings. The molecule has 29 heteroatoms. The van der Waals surface area contributed by atoms with Crippen molar-refractivity contribution in [1.29, 1.82) is 0 Å². The van der Waals surface area contributed by atoms with E-state index in [-0.39, 0.29) is 65.5 Å². The third-order valence-electron chi connectivity index (χ3n) is 8.72. The Bertz CT molecular complexity index is 2020. The SMILES string of the molecule is C=C(C)[C@H](CCC(C)=O)CC(=O)SCCNC(=O)CCNC(=O)[C@H](O)C(C)(C)COP(=O)(O)OP(=O)(O)OC[C@@H]1O[C@@H](n2cnc3c(N)ncnc32)[C@H](O)[C@@H]1OP(=O)(O)O. The Balaban J connectivity index is 1.45. The number of nitrogen functional groups attached to an aromatic ring is 1. The van der Waals surface area contributed by atoms with Crippen LogP contribution in [0.3, 0.4) is 0 Å². The van der Waals surface area contributed by atoms with Crippen molar-refractivity contribution >= 4 is 74.9 Å². The van der Waals surface area contributed by atoms with Crippen LogP contribution in [-0.4, -0.2) is 128 Å². The Kier molecular flexibility index (Phi) is 18.7. The van der Waals surface area contributed by atoms with E-state index in [0.29, 0.717) is 12.8 Å². The highest BCUT2D eigenvalue weighted by Gasteiger charge is 2.50. The smallest absolute Gasteiger partial charge is 0.386 e. The number of ether oxygens (including phenoxy) is 1. The second kappa shape index (κ2) is 21.9. The molecule has 3 rings (SSSR count). The Morgan fingerprint density at radius 1 is 1.03 bits per heavy atom. The number of aliphatic hydroxyl groups excluding tert-OH is 2. The van der Waals surface area contributed by atoms with Gasteiger partial charge in [0.2, 0.25) is 11.8 Å². The van der Waals surface area contributed by atoms with Gasteiger partial charge in [0.15, 0.2) is 22.8 Å². The molecule has 0 spiro atoms. The minimum atomic E-state index is -5.59. The number of anilines is 1. The molecule has 338 valence electrons. The monoisotopic (exact) mass is 933 g/mol. The largest absolute Gasteiger partial charge is 0.481 e. The Morgan fingerprint density at radius 3 is 2.33 bits per heavy atom. The van der Waals surface area contributed by atoms with Crippen LogP contribution in [-0.2, 0) is 55.5 Å². The summed E-state index contributed by atoms with van der Waals surface area (Å²) >= 11 is 1.02. The average molecular weight is 934 g/mol. The number of nitrogens with zero attached hydrogens (tertiary/aromatic N) is 4. The minimum Gasteiger partial charge on any atom is -0.386 e. The van der Waals surface area contributed by atoms with E-state index < -0.39 is 84.6 Å². The molecule has 3 heterocycles. The lowest BCUT2D eigenvalue weighted by molar-refractivity contribution is -0.137. The molecule has 0 radical (unpaired) electrons. The number of phosphoric acid groups is 3. The zero-order valence-corrected chi connectivity index (χ0v) is 36.4. The number of hydrogen-bond donors (Lipinski definition) is 9. The van der Waals surface area contributed by atoms with Crippen molar-refractivity contribution in [1.82, 2.24) is 30.2 Å². The minimum absolute atomic E-state index is 0.0210. The van der Waals surface area contributed by atoms with Crippen LogP contribution in [0.15, 0.2) is 24.8 Å². The average Bonchev–Trinajstić information content (AvgIpc) is 3.69. The number of aliphatic hydroxyl groups is 2. The lowest BCUT2D eigenvalue weighted by Crippen LogP contribution is -2.46. The van der Waals surface area contributed by atoms with Crippen LogP contribution in [0.1, 0.15) is 59.6 Å². The first-order valence-electron chi connectivity index (χ1n) is 17.9. The molecule has 2 aromatic heterocycles. The lowest BCUT2D eigenvalue weighted by Gasteiger charge is -2.30. The van der Waals surface area contributed by atoms with Gasteiger partial charge in [-0.2, -0.15) is 4.31 Å². The number of amides is 2. The van der Waals surface area contributed by atoms with Gasteiger partial charge >= 0.3 is 23.5 Å². The van der Waals surface area contributed by atoms with Gasteiger partial charge in [0.1, 0.15) is 42.0 Å². The summed E-state index contributed by atoms with van der Waals surface area (Å²) in [5.41, 5.74) is 5.03. The second-order valence-electron chi connectivity index (χ2n) is 14.3. The molecule has 1 saturated heterocycles. The van der Waals surface area contributed by atoms with Crippen LogP contribution in [0.2, 0.25) is 0 Å². The molecule has 1 aliphatic rings. The molecular weight excluding hydrogens is 883 g/mol. The van der Waals surface area contributed by atoms with Crippen LogP contribution in [0, 0.1) is 11.3 Å². The first-order valence-corrected chi connectivity index (χ1v) is 23.4. The molecule has 8 atom stereocenters. The van der Waals surface area contributed by atoms with E-state index in [0.717, 1.165) is 34.6 Å². The van der Waals surface area contributed by atoms with Gasteiger partial charge in [-0.3, -0.25) is 32.5 Å². The summed E-state index contributed by atoms with van der Waals surface area (Å²) < 4.78 is 62.2. The normalized spacial score (nSPS) is 21.4. The number of Topliss-reactive ketones (excluding diaryl/α,β-unsaturated/α-hetero) is 1. The predicted octanol–water partition coefficient (Wildman–Crippen LogP) is 0.616. The van der Waals surface area contributed by atoms with E-state index in [1.165, 1.54) is 20.8 Å². The van der Waals surface area contributed by atoms with Gasteiger partial charge in [0, 0.05) is 43.5 Å². The molecular formula is C31H50N7O18P3S. The number of aromatic nitrogens is 4. The topological polar surface area (TPSA) is 381 Å². The van der Waals surface area contributed by atoms with Gasteiger partial charge < -0.3 is 55.7 Å². The first kappa shape index (κ1) is 51.3. The fraction of sp³-hybridized carbons (Fsp3) is 0.645. The van der Waals surface area contributed by atoms with Crippen LogP contribution in [0.4, 0.5) is 5.82 Å². The van der Waals surface area contributed by atoms with Crippen LogP contribution >= 0.6 is 35.2 Å². The Labute approximate surface area is 347 Å². The number of allylic oxidation sites excluding steroid dienone is 1. The number of nitrogens with one attached hydrogen (secondary N) is 2. The summed E-state index contributed by atoms with van der Waals surface area (Å²) in [6, 6.07) is 0. The quantitative estimate of drug-likeness (QED) is 0.0374. The third kappa shape index (κ3) is 16.0. The van der Waals surface area contributed by atoms with Crippen molar-refractivity contribution in [2.24, 2.45) is 11.3 Å². The highest BCUT2D eigenvalue weighted by atomic mass is 32.2. The number of phosphoric ester groups is 3. The summed E-state index contributed by atoms with van der Waals surface area (Å²) in [6.07, 6.45) is -5.94. The lowest BCUT2D eigenvalue weighted by atomic mass is 9.87. The molecule has 10 N–H and O–H groups in total. The van der Waals surface area contributed by atoms with Crippen molar-refractivity contribution in [2.75, 3.05) is 37.8 Å². The molecule has 60 heavy (non-hydrogen) atoms. The number of hydrogen-bond acceptors (Lipinski definition) is 19. The number of nitrogens with two attached hydrogens (primary N) is 1. The summed E-state index contributed by atoms with van der Waals surface area (Å²) in [7, 11) is -16.4. The van der Waals surface area contributed by atoms with E-state index in [1.807, 2.05) is 0 Å². The van der Waals surface area contributed by atoms with E-state index in [2.05, 4.69) is 41.0 Å². The molecule has 2 amide bonds. The Morgan fingerprint density at radius 2 is 1.70 bits per heavy atom. The number of thioether (sulfide) groups is 1. The van der Waals surface area contributed by atoms with Gasteiger partial charge in [-0.25, -0.2) is 28.6 Å². The number of carbonyl (C=O) groups excluding carboxylic acids is 4. The molecule has 25 nitrogen and oxygen atoms in total. The van der Waals surface area contributed by atoms with Crippen molar-refractivity contribution in [3.63, 3.8) is 0 Å². The zero-order chi connectivity index (χ0) is 45.2. The van der Waals surface area contributed by atoms with Gasteiger partial charge in [-0.1, -0.05) is 37.8 Å².